The molecule has 10 heavy (non-hydrogen) atoms. The second-order valence-electron chi connectivity index (χ2n) is 1.80. The third-order valence-electron chi connectivity index (χ3n) is 1.16. The molecule has 0 bridgehead atoms. The second kappa shape index (κ2) is 1.98. The van der Waals surface area contributed by atoms with Gasteiger partial charge in [0.25, 0.3) is 0 Å². The lowest BCUT2D eigenvalue weighted by molar-refractivity contribution is 0.559. The van der Waals surface area contributed by atoms with E-state index in [4.69, 9.17) is 4.42 Å². The zero-order valence-electron chi connectivity index (χ0n) is 5.03. The molecule has 0 amide bonds. The molecule has 2 aromatic rings. The van der Waals surface area contributed by atoms with E-state index in [0.29, 0.717) is 0 Å². The Bertz CT molecular complexity index is 252. The largest absolute Gasteiger partial charge is 0.460 e. The molecule has 2 rings (SSSR count). The van der Waals surface area contributed by atoms with Gasteiger partial charge in [-0.05, 0) is 6.07 Å². The van der Waals surface area contributed by atoms with Crippen molar-refractivity contribution in [2.24, 2.45) is 0 Å². The van der Waals surface area contributed by atoms with E-state index < -0.39 is 0 Å². The predicted molar refractivity (Wildman–Crippen MR) is 32.9 cm³/mol. The van der Waals surface area contributed by atoms with E-state index >= 15 is 0 Å². The second-order valence-corrected chi connectivity index (χ2v) is 1.80. The topological polar surface area (TPSA) is 54.7 Å². The van der Waals surface area contributed by atoms with E-state index in [9.17, 15) is 0 Å². The molecule has 2 heterocycles. The molecule has 0 spiro atoms. The molecule has 0 aromatic carbocycles. The van der Waals surface area contributed by atoms with Crippen LogP contribution in [0.15, 0.2) is 22.9 Å². The van der Waals surface area contributed by atoms with Crippen molar-refractivity contribution in [2.45, 2.75) is 0 Å². The molecule has 0 aliphatic carbocycles. The number of hydrogen-bond acceptors (Lipinski definition) is 3. The lowest BCUT2D eigenvalue weighted by atomic mass is 10.3. The summed E-state index contributed by atoms with van der Waals surface area (Å²) in [4.78, 5) is 0. The molecule has 0 aliphatic rings. The number of H-pyrrole nitrogens is 1. The van der Waals surface area contributed by atoms with Crippen LogP contribution in [0.1, 0.15) is 0 Å². The molecule has 1 N–H and O–H groups in total. The summed E-state index contributed by atoms with van der Waals surface area (Å²) in [5.74, 6) is 0. The number of nitrogens with zero attached hydrogens (tertiary/aromatic N) is 2. The van der Waals surface area contributed by atoms with E-state index in [2.05, 4.69) is 21.7 Å². The lowest BCUT2D eigenvalue weighted by Crippen LogP contribution is -1.71. The van der Waals surface area contributed by atoms with E-state index in [-0.39, 0.29) is 0 Å². The van der Waals surface area contributed by atoms with Gasteiger partial charge in [0.2, 0.25) is 0 Å². The molecule has 0 aliphatic heterocycles. The maximum absolute atomic E-state index is 4.73. The number of aromatic amines is 1. The van der Waals surface area contributed by atoms with E-state index in [1.807, 2.05) is 0 Å². The van der Waals surface area contributed by atoms with Crippen molar-refractivity contribution >= 4 is 0 Å². The van der Waals surface area contributed by atoms with Crippen molar-refractivity contribution in [3.8, 4) is 11.3 Å². The standard InChI is InChI=1S/C6H4N3O/c1-2-10-4-5(1)6-3-7-9-8-6/h1-3H,(H,7,8,9). The fraction of sp³-hybridized carbons (Fsp3) is 0. The number of rotatable bonds is 1. The third kappa shape index (κ3) is 0.699. The van der Waals surface area contributed by atoms with Crippen LogP contribution in [-0.2, 0) is 0 Å². The molecule has 0 atom stereocenters. The van der Waals surface area contributed by atoms with E-state index in [1.165, 1.54) is 0 Å². The molecule has 0 saturated heterocycles. The van der Waals surface area contributed by atoms with E-state index in [1.54, 1.807) is 18.5 Å². The molecule has 2 aromatic heterocycles. The summed E-state index contributed by atoms with van der Waals surface area (Å²) < 4.78 is 4.73. The number of hydrogen-bond donors (Lipinski definition) is 1. The minimum atomic E-state index is 0.744. The SMILES string of the molecule is [c]1occc1-c1c[nH]nn1. The average Bonchev–Trinajstić information content (AvgIpc) is 2.59. The summed E-state index contributed by atoms with van der Waals surface area (Å²) in [6.07, 6.45) is 5.87. The van der Waals surface area contributed by atoms with Gasteiger partial charge in [-0.25, -0.2) is 0 Å². The first-order valence-corrected chi connectivity index (χ1v) is 2.79. The minimum Gasteiger partial charge on any atom is -0.460 e. The lowest BCUT2D eigenvalue weighted by Gasteiger charge is -1.79. The first-order chi connectivity index (χ1) is 4.97. The molecule has 1 radical (unpaired) electrons. The molecule has 0 fully saturated rings. The zero-order chi connectivity index (χ0) is 6.81. The molecule has 49 valence electrons. The molecule has 0 unspecified atom stereocenters. The third-order valence-corrected chi connectivity index (χ3v) is 1.16. The van der Waals surface area contributed by atoms with Crippen molar-refractivity contribution < 1.29 is 4.42 Å². The Hall–Kier alpha value is -1.58. The average molecular weight is 134 g/mol. The van der Waals surface area contributed by atoms with Gasteiger partial charge in [-0.2, -0.15) is 0 Å². The van der Waals surface area contributed by atoms with Gasteiger partial charge in [0.15, 0.2) is 6.26 Å². The molecular formula is C6H4N3O. The fourth-order valence-electron chi connectivity index (χ4n) is 0.704. The smallest absolute Gasteiger partial charge is 0.179 e. The molecule has 0 saturated carbocycles. The van der Waals surface area contributed by atoms with Gasteiger partial charge in [0.05, 0.1) is 18.0 Å². The van der Waals surface area contributed by atoms with Crippen LogP contribution in [0.25, 0.3) is 11.3 Å². The number of furan rings is 1. The highest BCUT2D eigenvalue weighted by Crippen LogP contribution is 2.13. The van der Waals surface area contributed by atoms with Crippen LogP contribution in [0.3, 0.4) is 0 Å². The summed E-state index contributed by atoms with van der Waals surface area (Å²) in [5, 5.41) is 9.90. The van der Waals surface area contributed by atoms with Gasteiger partial charge >= 0.3 is 0 Å². The highest BCUT2D eigenvalue weighted by molar-refractivity contribution is 5.54. The first kappa shape index (κ1) is 5.22. The highest BCUT2D eigenvalue weighted by atomic mass is 16.3. The van der Waals surface area contributed by atoms with E-state index in [0.717, 1.165) is 11.3 Å². The van der Waals surface area contributed by atoms with Gasteiger partial charge < -0.3 is 4.42 Å². The fourth-order valence-corrected chi connectivity index (χ4v) is 0.704. The monoisotopic (exact) mass is 134 g/mol. The summed E-state index contributed by atoms with van der Waals surface area (Å²) in [7, 11) is 0. The number of nitrogens with one attached hydrogen (secondary N) is 1. The predicted octanol–water partition coefficient (Wildman–Crippen LogP) is 0.865. The van der Waals surface area contributed by atoms with Crippen LogP contribution in [-0.4, -0.2) is 15.4 Å². The zero-order valence-corrected chi connectivity index (χ0v) is 5.03. The maximum Gasteiger partial charge on any atom is 0.179 e. The Balaban J connectivity index is 2.48. The van der Waals surface area contributed by atoms with Crippen LogP contribution in [0.5, 0.6) is 0 Å². The van der Waals surface area contributed by atoms with Crippen LogP contribution in [0.2, 0.25) is 0 Å². The van der Waals surface area contributed by atoms with Crippen LogP contribution in [0, 0.1) is 6.26 Å². The van der Waals surface area contributed by atoms with Crippen LogP contribution < -0.4 is 0 Å². The molecule has 4 heteroatoms. The maximum atomic E-state index is 4.73. The van der Waals surface area contributed by atoms with Gasteiger partial charge in [0, 0.05) is 0 Å². The Morgan fingerprint density at radius 3 is 3.20 bits per heavy atom. The van der Waals surface area contributed by atoms with Crippen molar-refractivity contribution in [1.82, 2.24) is 15.4 Å². The molecule has 4 nitrogen and oxygen atoms in total. The van der Waals surface area contributed by atoms with Crippen LogP contribution in [0.4, 0.5) is 0 Å². The van der Waals surface area contributed by atoms with Crippen LogP contribution >= 0.6 is 0 Å². The Kier molecular flexibility index (Phi) is 1.04. The van der Waals surface area contributed by atoms with Gasteiger partial charge in [0.1, 0.15) is 5.69 Å². The Labute approximate surface area is 56.9 Å². The summed E-state index contributed by atoms with van der Waals surface area (Å²) >= 11 is 0. The first-order valence-electron chi connectivity index (χ1n) is 2.79. The van der Waals surface area contributed by atoms with Gasteiger partial charge in [-0.15, -0.1) is 5.10 Å². The highest BCUT2D eigenvalue weighted by Gasteiger charge is 2.00. The van der Waals surface area contributed by atoms with Crippen molar-refractivity contribution in [3.63, 3.8) is 0 Å². The summed E-state index contributed by atoms with van der Waals surface area (Å²) in [6.45, 7) is 0. The normalized spacial score (nSPS) is 10.0. The van der Waals surface area contributed by atoms with Gasteiger partial charge in [-0.3, -0.25) is 5.10 Å². The summed E-state index contributed by atoms with van der Waals surface area (Å²) in [5.41, 5.74) is 1.56. The van der Waals surface area contributed by atoms with Crippen molar-refractivity contribution in [1.29, 1.82) is 0 Å². The summed E-state index contributed by atoms with van der Waals surface area (Å²) in [6, 6.07) is 1.78. The Morgan fingerprint density at radius 2 is 2.60 bits per heavy atom. The van der Waals surface area contributed by atoms with Crippen molar-refractivity contribution in [2.75, 3.05) is 0 Å². The number of aromatic nitrogens is 3. The molecular weight excluding hydrogens is 130 g/mol. The Morgan fingerprint density at radius 1 is 1.60 bits per heavy atom. The van der Waals surface area contributed by atoms with Gasteiger partial charge in [-0.1, -0.05) is 5.21 Å². The quantitative estimate of drug-likeness (QED) is 0.629. The minimum absolute atomic E-state index is 0.744. The van der Waals surface area contributed by atoms with Crippen molar-refractivity contribution in [3.05, 3.63) is 24.8 Å².